The molecule has 0 fully saturated rings. The van der Waals surface area contributed by atoms with E-state index in [2.05, 4.69) is 210 Å². The summed E-state index contributed by atoms with van der Waals surface area (Å²) in [7, 11) is -10.0. The van der Waals surface area contributed by atoms with E-state index in [1.54, 1.807) is 0 Å². The maximum absolute atomic E-state index is 13.1. The number of esters is 4. The number of carbonyl (C=O) groups excluding carboxylic acids is 4. The average Bonchev–Trinajstić information content (AvgIpc) is 0.916. The van der Waals surface area contributed by atoms with E-state index in [9.17, 15) is 43.2 Å². The molecule has 0 aromatic heterocycles. The molecule has 0 aliphatic carbocycles. The summed E-state index contributed by atoms with van der Waals surface area (Å²) < 4.78 is 68.6. The highest BCUT2D eigenvalue weighted by Crippen LogP contribution is 2.45. The number of rotatable bonds is 75. The fourth-order valence-corrected chi connectivity index (χ4v) is 11.8. The van der Waals surface area contributed by atoms with Crippen molar-refractivity contribution < 1.29 is 80.2 Å². The van der Waals surface area contributed by atoms with Gasteiger partial charge in [-0.3, -0.25) is 37.3 Å². The van der Waals surface area contributed by atoms with Crippen molar-refractivity contribution in [2.24, 2.45) is 0 Å². The molecule has 0 radical (unpaired) electrons. The van der Waals surface area contributed by atoms with Crippen molar-refractivity contribution in [1.29, 1.82) is 0 Å². The Kier molecular flexibility index (Phi) is 75.0. The monoisotopic (exact) mass is 1550 g/mol. The van der Waals surface area contributed by atoms with E-state index in [-0.39, 0.29) is 25.7 Å². The lowest BCUT2D eigenvalue weighted by molar-refractivity contribution is -0.161. The van der Waals surface area contributed by atoms with Crippen LogP contribution >= 0.6 is 15.6 Å². The lowest BCUT2D eigenvalue weighted by Crippen LogP contribution is -2.30. The first kappa shape index (κ1) is 102. The number of hydrogen-bond donors (Lipinski definition) is 3. The van der Waals surface area contributed by atoms with E-state index in [0.29, 0.717) is 25.7 Å². The number of ether oxygens (including phenoxy) is 4. The quantitative estimate of drug-likeness (QED) is 0.0169. The zero-order chi connectivity index (χ0) is 78.9. The number of carbonyl (C=O) groups is 4. The molecule has 612 valence electrons. The standard InChI is InChI=1S/C89H144O17P2/c1-5-9-13-17-21-25-29-33-36-39-41-44-46-50-53-57-61-65-69-73-86(91)99-79-84(105-88(93)75-71-67-63-59-55-49-32-28-24-20-16-12-8-4)81-103-107(95,96)101-77-83(90)78-102-108(97,98)104-82-85(106-89(94)76-72-68-64-60-56-52-48-43-38-35-31-27-23-19-15-11-7-3)80-100-87(92)74-70-66-62-58-54-51-47-45-42-40-37-34-30-26-22-18-14-10-6-2/h9-11,13-16,20-23,25-28,32-38,41-42,44-45,48,50,52-53,83-85,90H,5-8,12,17-19,24,29-31,39-40,43,46-47,49,51,54-82H2,1-4H3,(H,95,96)(H,97,98)/b13-9-,14-10-,15-11-,20-16-,25-21-,26-22-,27-23-,32-28-,36-33-,37-34-,38-35-,44-41-,45-42-,52-48-,53-50-. The molecule has 0 amide bonds. The predicted octanol–water partition coefficient (Wildman–Crippen LogP) is 24.3. The maximum atomic E-state index is 13.1. The molecule has 0 spiro atoms. The summed E-state index contributed by atoms with van der Waals surface area (Å²) in [6.45, 7) is 4.36. The molecule has 0 aliphatic heterocycles. The Labute approximate surface area is 654 Å². The van der Waals surface area contributed by atoms with Crippen molar-refractivity contribution >= 4 is 39.5 Å². The van der Waals surface area contributed by atoms with E-state index in [4.69, 9.17) is 37.0 Å². The summed E-state index contributed by atoms with van der Waals surface area (Å²) >= 11 is 0. The maximum Gasteiger partial charge on any atom is 0.472 e. The molecule has 108 heavy (non-hydrogen) atoms. The Hall–Kier alpha value is -5.84. The van der Waals surface area contributed by atoms with Crippen molar-refractivity contribution in [3.8, 4) is 0 Å². The molecular weight excluding hydrogens is 1400 g/mol. The first-order valence-electron chi connectivity index (χ1n) is 41.0. The van der Waals surface area contributed by atoms with Crippen LogP contribution in [0.2, 0.25) is 0 Å². The molecule has 19 heteroatoms. The third kappa shape index (κ3) is 78.3. The molecule has 0 bridgehead atoms. The van der Waals surface area contributed by atoms with Crippen LogP contribution in [0.15, 0.2) is 182 Å². The fraction of sp³-hybridized carbons (Fsp3) is 0.618. The van der Waals surface area contributed by atoms with Crippen molar-refractivity contribution in [2.75, 3.05) is 39.6 Å². The van der Waals surface area contributed by atoms with E-state index in [1.165, 1.54) is 0 Å². The second-order valence-corrected chi connectivity index (χ2v) is 29.5. The van der Waals surface area contributed by atoms with Crippen LogP contribution in [0.5, 0.6) is 0 Å². The van der Waals surface area contributed by atoms with E-state index in [1.807, 2.05) is 0 Å². The summed E-state index contributed by atoms with van der Waals surface area (Å²) in [5, 5.41) is 10.7. The number of allylic oxidation sites excluding steroid dienone is 30. The third-order valence-electron chi connectivity index (χ3n) is 16.3. The molecule has 3 N–H and O–H groups in total. The number of phosphoric ester groups is 2. The largest absolute Gasteiger partial charge is 0.472 e. The van der Waals surface area contributed by atoms with Gasteiger partial charge in [0.05, 0.1) is 26.4 Å². The van der Waals surface area contributed by atoms with Gasteiger partial charge in [-0.25, -0.2) is 9.13 Å². The van der Waals surface area contributed by atoms with Crippen molar-refractivity contribution in [3.05, 3.63) is 182 Å². The fourth-order valence-electron chi connectivity index (χ4n) is 10.2. The molecule has 0 saturated carbocycles. The summed E-state index contributed by atoms with van der Waals surface area (Å²) in [6, 6.07) is 0. The zero-order valence-electron chi connectivity index (χ0n) is 66.9. The van der Waals surface area contributed by atoms with Gasteiger partial charge in [0.2, 0.25) is 0 Å². The molecule has 0 aromatic carbocycles. The van der Waals surface area contributed by atoms with Crippen LogP contribution in [0, 0.1) is 0 Å². The lowest BCUT2D eigenvalue weighted by Gasteiger charge is -2.21. The van der Waals surface area contributed by atoms with Gasteiger partial charge in [-0.1, -0.05) is 281 Å². The first-order chi connectivity index (χ1) is 52.7. The van der Waals surface area contributed by atoms with Crippen LogP contribution in [0.25, 0.3) is 0 Å². The van der Waals surface area contributed by atoms with Crippen molar-refractivity contribution in [2.45, 2.75) is 316 Å². The van der Waals surface area contributed by atoms with Crippen molar-refractivity contribution in [3.63, 3.8) is 0 Å². The number of unbranched alkanes of at least 4 members (excludes halogenated alkanes) is 19. The Balaban J connectivity index is 5.45. The topological polar surface area (TPSA) is 237 Å². The SMILES string of the molecule is CC/C=C\C/C=C\C/C=C\C/C=C\C/C=C\CCCCCC(=O)OCC(COP(=O)(O)OCC(O)COP(=O)(O)OCC(COC(=O)CCCCCCCC/C=C\C/C=C\C/C=C\C/C=C\CC)OC(=O)CCCCCC/C=C\C/C=C\C/C=C\C/C=C\CC)OC(=O)CCCCCCC/C=C\C/C=C\CCC. The molecule has 0 saturated heterocycles. The molecular formula is C89H144O17P2. The van der Waals surface area contributed by atoms with E-state index in [0.717, 1.165) is 218 Å². The molecule has 0 aromatic rings. The Bertz CT molecular complexity index is 2760. The number of hydrogen-bond acceptors (Lipinski definition) is 15. The van der Waals surface area contributed by atoms with Gasteiger partial charge < -0.3 is 33.8 Å². The average molecular weight is 1550 g/mol. The smallest absolute Gasteiger partial charge is 0.462 e. The molecule has 0 aliphatic rings. The van der Waals surface area contributed by atoms with Crippen LogP contribution in [0.4, 0.5) is 0 Å². The molecule has 5 atom stereocenters. The third-order valence-corrected chi connectivity index (χ3v) is 18.2. The van der Waals surface area contributed by atoms with Crippen LogP contribution in [0.1, 0.15) is 297 Å². The van der Waals surface area contributed by atoms with Gasteiger partial charge in [0.25, 0.3) is 0 Å². The summed E-state index contributed by atoms with van der Waals surface area (Å²) in [5.74, 6) is -2.28. The Morgan fingerprint density at radius 3 is 0.750 bits per heavy atom. The number of phosphoric acid groups is 2. The highest BCUT2D eigenvalue weighted by Gasteiger charge is 2.30. The minimum Gasteiger partial charge on any atom is -0.462 e. The van der Waals surface area contributed by atoms with Gasteiger partial charge in [0.15, 0.2) is 12.2 Å². The highest BCUT2D eigenvalue weighted by molar-refractivity contribution is 7.47. The molecule has 17 nitrogen and oxygen atoms in total. The second-order valence-electron chi connectivity index (χ2n) is 26.6. The number of aliphatic hydroxyl groups is 1. The summed E-state index contributed by atoms with van der Waals surface area (Å²) in [6.07, 6.45) is 95.8. The first-order valence-corrected chi connectivity index (χ1v) is 44.0. The van der Waals surface area contributed by atoms with Crippen LogP contribution in [-0.4, -0.2) is 96.7 Å². The van der Waals surface area contributed by atoms with Gasteiger partial charge >= 0.3 is 39.5 Å². The number of aliphatic hydroxyl groups excluding tert-OH is 1. The van der Waals surface area contributed by atoms with Gasteiger partial charge in [-0.2, -0.15) is 0 Å². The normalized spacial score (nSPS) is 14.8. The Morgan fingerprint density at radius 1 is 0.269 bits per heavy atom. The van der Waals surface area contributed by atoms with Gasteiger partial charge in [0.1, 0.15) is 19.3 Å². The van der Waals surface area contributed by atoms with Gasteiger partial charge in [0, 0.05) is 25.7 Å². The zero-order valence-corrected chi connectivity index (χ0v) is 68.7. The molecule has 5 unspecified atom stereocenters. The second kappa shape index (κ2) is 79.3. The van der Waals surface area contributed by atoms with Crippen LogP contribution < -0.4 is 0 Å². The minimum atomic E-state index is -5.00. The van der Waals surface area contributed by atoms with E-state index < -0.39 is 97.5 Å². The van der Waals surface area contributed by atoms with Crippen LogP contribution in [-0.2, 0) is 65.4 Å². The lowest BCUT2D eigenvalue weighted by atomic mass is 10.1. The Morgan fingerprint density at radius 2 is 0.481 bits per heavy atom. The van der Waals surface area contributed by atoms with Gasteiger partial charge in [-0.15, -0.1) is 0 Å². The van der Waals surface area contributed by atoms with Crippen LogP contribution in [0.3, 0.4) is 0 Å². The minimum absolute atomic E-state index is 0.0558. The van der Waals surface area contributed by atoms with Crippen molar-refractivity contribution in [1.82, 2.24) is 0 Å². The summed E-state index contributed by atoms with van der Waals surface area (Å²) in [4.78, 5) is 73.1. The molecule has 0 heterocycles. The molecule has 0 rings (SSSR count). The highest BCUT2D eigenvalue weighted by atomic mass is 31.2. The van der Waals surface area contributed by atoms with E-state index >= 15 is 0 Å². The predicted molar refractivity (Wildman–Crippen MR) is 445 cm³/mol. The summed E-state index contributed by atoms with van der Waals surface area (Å²) in [5.41, 5.74) is 0. The van der Waals surface area contributed by atoms with Gasteiger partial charge in [-0.05, 0) is 173 Å².